The second kappa shape index (κ2) is 38.0. The number of sulfonamides is 1. The van der Waals surface area contributed by atoms with Crippen molar-refractivity contribution in [3.63, 3.8) is 0 Å². The molecule has 0 radical (unpaired) electrons. The van der Waals surface area contributed by atoms with Crippen molar-refractivity contribution in [2.24, 2.45) is 5.41 Å². The average Bonchev–Trinajstić information content (AvgIpc) is 1.51. The number of carbonyl (C=O) groups excluding carboxylic acids is 4. The molecule has 4 aliphatic heterocycles. The van der Waals surface area contributed by atoms with Crippen molar-refractivity contribution in [1.82, 2.24) is 39.9 Å². The van der Waals surface area contributed by atoms with Crippen molar-refractivity contribution < 1.29 is 83.1 Å². The van der Waals surface area contributed by atoms with Crippen LogP contribution < -0.4 is 25.6 Å². The number of thiazole rings is 1. The minimum atomic E-state index is -6.13. The van der Waals surface area contributed by atoms with Crippen molar-refractivity contribution in [3.8, 4) is 10.4 Å². The van der Waals surface area contributed by atoms with Gasteiger partial charge in [0.1, 0.15) is 23.6 Å². The lowest BCUT2D eigenvalue weighted by Crippen LogP contribution is -2.58. The number of benzene rings is 5. The molecule has 4 aliphatic rings. The number of aromatic nitrogens is 1. The molecule has 25 nitrogen and oxygen atoms in total. The Labute approximate surface area is 647 Å². The number of hydrogen-bond acceptors (Lipinski definition) is 21. The number of nitrogens with zero attached hydrogens (tertiary/aromatic N) is 6. The molecule has 109 heavy (non-hydrogen) atoms. The smallest absolute Gasteiger partial charge is 0.465 e. The topological polar surface area (TPSA) is 308 Å². The van der Waals surface area contributed by atoms with Crippen LogP contribution in [0.3, 0.4) is 0 Å². The van der Waals surface area contributed by atoms with Gasteiger partial charge in [0.15, 0.2) is 0 Å². The van der Waals surface area contributed by atoms with Gasteiger partial charge in [-0.25, -0.2) is 31.3 Å². The SMILES string of the molecule is Cc1ncsc1-c1ccc([C@H](C)NC(=O)[C@@H]2C[C@@H](O)CN2C(=O)C(NC(=O)COCCOCCOCC[C@@H]2CC(c3ccc(Cl)cc3)=C(CN3CCN(c4ccc(C(=O)NS(=O)(=O)c5ccc(N[C@H](CCN6CCOCC6)CSc6ccccc6)c(S(=O)(=O)C(F)(F)F)c5)cc4)CC3)CN2C(=O)O)C(C)(C)C)cc1. The van der Waals surface area contributed by atoms with Crippen LogP contribution in [0.15, 0.2) is 147 Å². The molecule has 6 aromatic rings. The van der Waals surface area contributed by atoms with Crippen molar-refractivity contribution >= 4 is 101 Å². The number of carboxylic acid groups (broad SMARTS) is 1. The summed E-state index contributed by atoms with van der Waals surface area (Å²) in [7, 11) is -11.1. The van der Waals surface area contributed by atoms with E-state index in [2.05, 4.69) is 35.6 Å². The molecule has 0 bridgehead atoms. The first-order valence-electron chi connectivity index (χ1n) is 36.0. The number of aliphatic hydroxyl groups is 1. The molecule has 5 heterocycles. The fourth-order valence-corrected chi connectivity index (χ4v) is 17.4. The van der Waals surface area contributed by atoms with Gasteiger partial charge in [-0.05, 0) is 133 Å². The number of rotatable bonds is 33. The van der Waals surface area contributed by atoms with Crippen LogP contribution in [0.25, 0.3) is 16.0 Å². The van der Waals surface area contributed by atoms with Gasteiger partial charge in [0.05, 0.1) is 78.5 Å². The summed E-state index contributed by atoms with van der Waals surface area (Å²) in [5, 5.41) is 30.6. The number of hydrogen-bond donors (Lipinski definition) is 6. The van der Waals surface area contributed by atoms with Gasteiger partial charge in [-0.15, -0.1) is 23.1 Å². The summed E-state index contributed by atoms with van der Waals surface area (Å²) in [6.45, 7) is 15.1. The molecule has 6 N–H and O–H groups in total. The third kappa shape index (κ3) is 22.8. The summed E-state index contributed by atoms with van der Waals surface area (Å²) in [5.41, 5.74) is 1.02. The summed E-state index contributed by atoms with van der Waals surface area (Å²) in [6.07, 6.45) is -0.792. The number of likely N-dealkylation sites (tertiary alicyclic amines) is 1. The lowest BCUT2D eigenvalue weighted by atomic mass is 9.85. The Morgan fingerprint density at radius 1 is 0.789 bits per heavy atom. The van der Waals surface area contributed by atoms with Crippen LogP contribution in [-0.4, -0.2) is 241 Å². The van der Waals surface area contributed by atoms with Gasteiger partial charge in [-0.2, -0.15) is 13.2 Å². The number of sulfone groups is 1. The summed E-state index contributed by atoms with van der Waals surface area (Å²) in [4.78, 5) is 81.1. The number of amides is 5. The zero-order valence-electron chi connectivity index (χ0n) is 61.4. The van der Waals surface area contributed by atoms with Gasteiger partial charge in [0.25, 0.3) is 25.8 Å². The number of aliphatic hydroxyl groups excluding tert-OH is 1. The third-order valence-electron chi connectivity index (χ3n) is 19.6. The standard InChI is InChI=1S/C76H94ClF3N10O15S4/c1-50(52-11-13-54(14-12-52)69-51(2)81-49-107-69)82-72(94)66-42-61(91)46-90(66)73(95)70(75(3,4)5)84-68(92)47-105-40-39-104-38-37-102-34-26-60-41-64(53-15-19-57(77)20-16-53)56(45-89(60)74(96)97)44-87-28-30-88(31-29-87)59-21-17-55(18-22-59)71(93)85-109(100,101)63-23-24-65(67(43-63)108(98,99)76(78,79)80)83-58(25-27-86-32-35-103-36-33-86)48-106-62-9-7-6-8-10-62/h6-24,43,49-50,58,60-61,66,70,83,91H,25-42,44-48H2,1-5H3,(H,82,94)(H,84,92)(H,85,93)(H,96,97)/t50-,58+,60+,61+,66-,70?/m0/s1. The third-order valence-corrected chi connectivity index (χ3v) is 24.8. The van der Waals surface area contributed by atoms with Gasteiger partial charge in [0.2, 0.25) is 17.7 Å². The van der Waals surface area contributed by atoms with E-state index in [1.807, 2.05) is 85.3 Å². The van der Waals surface area contributed by atoms with E-state index in [4.69, 9.17) is 30.5 Å². The quantitative estimate of drug-likeness (QED) is 0.0165. The van der Waals surface area contributed by atoms with Gasteiger partial charge >= 0.3 is 11.6 Å². The highest BCUT2D eigenvalue weighted by Crippen LogP contribution is 2.39. The fraction of sp³-hybridized carbons (Fsp3) is 0.474. The Hall–Kier alpha value is -7.73. The maximum absolute atomic E-state index is 14.4. The van der Waals surface area contributed by atoms with E-state index in [1.165, 1.54) is 33.7 Å². The number of β-amino-alcohol motifs (C(OH)–C–C–N with tert-alkyl or cyclic N) is 1. The first-order valence-corrected chi connectivity index (χ1v) is 41.3. The lowest BCUT2D eigenvalue weighted by Gasteiger charge is -2.40. The number of ether oxygens (including phenoxy) is 4. The number of morpholine rings is 1. The van der Waals surface area contributed by atoms with Gasteiger partial charge in [0, 0.05) is 117 Å². The molecule has 3 fully saturated rings. The number of nitrogens with one attached hydrogen (secondary N) is 4. The minimum Gasteiger partial charge on any atom is -0.465 e. The molecule has 6 atom stereocenters. The number of piperazine rings is 1. The Bertz CT molecular complexity index is 4360. The van der Waals surface area contributed by atoms with E-state index in [1.54, 1.807) is 61.9 Å². The summed E-state index contributed by atoms with van der Waals surface area (Å²) >= 11 is 9.30. The first-order chi connectivity index (χ1) is 51.9. The molecule has 590 valence electrons. The average molecular weight is 1610 g/mol. The van der Waals surface area contributed by atoms with Crippen LogP contribution in [0.2, 0.25) is 5.02 Å². The first kappa shape index (κ1) is 83.7. The molecular formula is C76H94ClF3N10O15S4. The predicted octanol–water partition coefficient (Wildman–Crippen LogP) is 9.62. The van der Waals surface area contributed by atoms with E-state index in [9.17, 15) is 64.2 Å². The molecule has 1 aromatic heterocycles. The Balaban J connectivity index is 0.668. The monoisotopic (exact) mass is 1610 g/mol. The van der Waals surface area contributed by atoms with Crippen LogP contribution >= 0.6 is 34.7 Å². The van der Waals surface area contributed by atoms with Crippen LogP contribution in [-0.2, 0) is 53.2 Å². The highest BCUT2D eigenvalue weighted by atomic mass is 35.5. The van der Waals surface area contributed by atoms with Crippen molar-refractivity contribution in [2.45, 2.75) is 117 Å². The van der Waals surface area contributed by atoms with Crippen LogP contribution in [0.4, 0.5) is 29.3 Å². The van der Waals surface area contributed by atoms with Gasteiger partial charge in [-0.3, -0.25) is 29.0 Å². The Morgan fingerprint density at radius 3 is 2.09 bits per heavy atom. The van der Waals surface area contributed by atoms with E-state index in [-0.39, 0.29) is 64.7 Å². The molecule has 5 amide bonds. The molecule has 0 spiro atoms. The molecule has 1 unspecified atom stereocenters. The highest BCUT2D eigenvalue weighted by Gasteiger charge is 2.49. The number of halogens is 4. The zero-order chi connectivity index (χ0) is 78.2. The van der Waals surface area contributed by atoms with Gasteiger partial charge in [-0.1, -0.05) is 87.0 Å². The van der Waals surface area contributed by atoms with Crippen LogP contribution in [0.5, 0.6) is 0 Å². The number of aryl methyl sites for hydroxylation is 1. The Morgan fingerprint density at radius 2 is 1.45 bits per heavy atom. The molecular weight excluding hydrogens is 1510 g/mol. The molecule has 10 rings (SSSR count). The predicted molar refractivity (Wildman–Crippen MR) is 411 cm³/mol. The van der Waals surface area contributed by atoms with E-state index >= 15 is 0 Å². The number of alkyl halides is 3. The van der Waals surface area contributed by atoms with Gasteiger partial charge < -0.3 is 59.8 Å². The van der Waals surface area contributed by atoms with Crippen molar-refractivity contribution in [3.05, 3.63) is 160 Å². The van der Waals surface area contributed by atoms with Crippen molar-refractivity contribution in [2.75, 3.05) is 134 Å². The van der Waals surface area contributed by atoms with Crippen LogP contribution in [0, 0.1) is 12.3 Å². The number of carbonyl (C=O) groups is 5. The molecule has 5 aromatic carbocycles. The maximum atomic E-state index is 14.4. The number of thioether (sulfide) groups is 1. The Kier molecular flexibility index (Phi) is 29.2. The number of anilines is 2. The normalized spacial score (nSPS) is 18.6. The van der Waals surface area contributed by atoms with E-state index in [0.29, 0.717) is 107 Å². The maximum Gasteiger partial charge on any atom is 0.501 e. The molecule has 33 heteroatoms. The minimum absolute atomic E-state index is 0.0394. The lowest BCUT2D eigenvalue weighted by molar-refractivity contribution is -0.144. The molecule has 3 saturated heterocycles. The molecule has 0 saturated carbocycles. The summed E-state index contributed by atoms with van der Waals surface area (Å²) in [5.74, 6) is -2.25. The van der Waals surface area contributed by atoms with E-state index < -0.39 is 112 Å². The summed E-state index contributed by atoms with van der Waals surface area (Å²) in [6, 6.07) is 29.5. The molecule has 0 aliphatic carbocycles. The second-order valence-electron chi connectivity index (χ2n) is 28.4. The zero-order valence-corrected chi connectivity index (χ0v) is 65.4. The largest absolute Gasteiger partial charge is 0.501 e. The fourth-order valence-electron chi connectivity index (χ4n) is 13.5. The van der Waals surface area contributed by atoms with Crippen molar-refractivity contribution in [1.29, 1.82) is 0 Å². The van der Waals surface area contributed by atoms with E-state index in [0.717, 1.165) is 55.4 Å². The summed E-state index contributed by atoms with van der Waals surface area (Å²) < 4.78 is 122. The van der Waals surface area contributed by atoms with Crippen LogP contribution in [0.1, 0.15) is 86.6 Å². The highest BCUT2D eigenvalue weighted by molar-refractivity contribution is 7.99. The second-order valence-corrected chi connectivity index (χ2v) is 34.3.